The molecule has 0 bridgehead atoms. The molecule has 2 aliphatic heterocycles. The van der Waals surface area contributed by atoms with Crippen LogP contribution in [0.15, 0.2) is 24.3 Å². The molecule has 202 valence electrons. The first-order chi connectivity index (χ1) is 17.1. The van der Waals surface area contributed by atoms with Gasteiger partial charge in [0, 0.05) is 12.2 Å². The third-order valence-electron chi connectivity index (χ3n) is 7.59. The Labute approximate surface area is 218 Å². The topological polar surface area (TPSA) is 128 Å². The average molecular weight is 533 g/mol. The smallest absolute Gasteiger partial charge is 0.250 e. The molecule has 2 fully saturated rings. The molecule has 37 heavy (non-hydrogen) atoms. The third-order valence-corrected chi connectivity index (χ3v) is 8.25. The van der Waals surface area contributed by atoms with E-state index in [2.05, 4.69) is 22.1 Å². The van der Waals surface area contributed by atoms with Gasteiger partial charge in [0.25, 0.3) is 0 Å². The number of sulfonamides is 1. The van der Waals surface area contributed by atoms with Gasteiger partial charge < -0.3 is 10.6 Å². The molecule has 4 rings (SSSR count). The van der Waals surface area contributed by atoms with Crippen molar-refractivity contribution in [3.05, 3.63) is 29.8 Å². The number of benzene rings is 1. The van der Waals surface area contributed by atoms with Crippen LogP contribution in [0.5, 0.6) is 0 Å². The van der Waals surface area contributed by atoms with E-state index in [1.807, 2.05) is 24.3 Å². The van der Waals surface area contributed by atoms with E-state index in [1.165, 1.54) is 0 Å². The van der Waals surface area contributed by atoms with E-state index in [-0.39, 0.29) is 18.4 Å². The number of fused-ring (bicyclic) bond motifs is 2. The van der Waals surface area contributed by atoms with Gasteiger partial charge in [-0.1, -0.05) is 51.8 Å². The fraction of sp³-hybridized carbons (Fsp3) is 0.615. The number of amides is 3. The van der Waals surface area contributed by atoms with E-state index in [0.29, 0.717) is 18.8 Å². The van der Waals surface area contributed by atoms with Crippen molar-refractivity contribution in [1.29, 1.82) is 0 Å². The number of nitrogens with one attached hydrogen (secondary N) is 3. The monoisotopic (exact) mass is 532 g/mol. The number of carbonyl (C=O) groups excluding carboxylic acids is 3. The van der Waals surface area contributed by atoms with Crippen molar-refractivity contribution in [2.45, 2.75) is 70.1 Å². The van der Waals surface area contributed by atoms with Crippen molar-refractivity contribution >= 4 is 40.1 Å². The fourth-order valence-electron chi connectivity index (χ4n) is 5.44. The average Bonchev–Trinajstić information content (AvgIpc) is 3.44. The highest BCUT2D eigenvalue weighted by atomic mass is 32.2. The number of anilines is 1. The van der Waals surface area contributed by atoms with Gasteiger partial charge in [-0.15, -0.1) is 0 Å². The van der Waals surface area contributed by atoms with Gasteiger partial charge in [0.15, 0.2) is 0 Å². The van der Waals surface area contributed by atoms with Crippen LogP contribution in [0.1, 0.15) is 52.0 Å². The summed E-state index contributed by atoms with van der Waals surface area (Å²) >= 11 is 0. The molecule has 0 radical (unpaired) electrons. The lowest BCUT2D eigenvalue weighted by atomic mass is 9.80. The summed E-state index contributed by atoms with van der Waals surface area (Å²) in [4.78, 5) is 42.3. The Kier molecular flexibility index (Phi) is 7.00. The molecule has 1 aromatic rings. The number of para-hydroxylation sites is 1. The first kappa shape index (κ1) is 27.3. The molecular weight excluding hydrogens is 494 g/mol. The van der Waals surface area contributed by atoms with Crippen LogP contribution in [0.25, 0.3) is 0 Å². The summed E-state index contributed by atoms with van der Waals surface area (Å²) in [7, 11) is -1.90. The van der Waals surface area contributed by atoms with Crippen LogP contribution in [-0.4, -0.2) is 80.4 Å². The number of nitrogens with zero attached hydrogens (tertiary/aromatic N) is 2. The van der Waals surface area contributed by atoms with Gasteiger partial charge >= 0.3 is 0 Å². The Hall–Kier alpha value is -2.79. The van der Waals surface area contributed by atoms with Gasteiger partial charge in [-0.25, -0.2) is 17.7 Å². The lowest BCUT2D eigenvalue weighted by Crippen LogP contribution is -2.59. The first-order valence-electron chi connectivity index (χ1n) is 12.6. The number of carbonyl (C=O) groups is 3. The molecule has 1 aliphatic carbocycles. The Morgan fingerprint density at radius 3 is 2.49 bits per heavy atom. The Balaban J connectivity index is 1.63. The second-order valence-corrected chi connectivity index (χ2v) is 13.7. The zero-order valence-electron chi connectivity index (χ0n) is 22.2. The van der Waals surface area contributed by atoms with E-state index in [9.17, 15) is 22.8 Å². The molecule has 1 spiro atoms. The van der Waals surface area contributed by atoms with E-state index >= 15 is 0 Å². The van der Waals surface area contributed by atoms with E-state index in [1.54, 1.807) is 37.3 Å². The lowest BCUT2D eigenvalue weighted by molar-refractivity contribution is -0.549. The Morgan fingerprint density at radius 1 is 1.27 bits per heavy atom. The van der Waals surface area contributed by atoms with E-state index < -0.39 is 45.0 Å². The number of hydrogen-bond donors (Lipinski definition) is 3. The van der Waals surface area contributed by atoms with Crippen molar-refractivity contribution in [3.8, 4) is 0 Å². The SMILES string of the molecule is C=[N+](C)[C@@H]1C[C@@]2(CN1C(=O)[C@H](CC1CC1)NC(=O)[C@@H](NS(C)(=O)=O)C(C)(C)C)C(=O)Nc1ccccc12. The molecule has 10 nitrogen and oxygen atoms in total. The quantitative estimate of drug-likeness (QED) is 0.340. The van der Waals surface area contributed by atoms with Crippen LogP contribution in [-0.2, 0) is 29.8 Å². The number of hydrogen-bond acceptors (Lipinski definition) is 5. The van der Waals surface area contributed by atoms with Crippen molar-refractivity contribution in [1.82, 2.24) is 14.9 Å². The standard InChI is InChI=1S/C26H37N5O5S/c1-25(2,3)21(29-37(6,35)36)22(32)27-19(13-16-11-12-16)23(33)31-15-26(14-20(31)30(4)5)17-9-7-8-10-18(17)28-24(26)34/h7-10,16,19-21,29H,4,11-15H2,1-3,5-6H3,(H-,27,28,32,34)/p+1/t19-,20-,21+,26-/m0/s1. The van der Waals surface area contributed by atoms with Crippen LogP contribution in [0.4, 0.5) is 5.69 Å². The van der Waals surface area contributed by atoms with Crippen LogP contribution in [0.3, 0.4) is 0 Å². The molecule has 3 amide bonds. The predicted molar refractivity (Wildman–Crippen MR) is 141 cm³/mol. The summed E-state index contributed by atoms with van der Waals surface area (Å²) in [6.45, 7) is 9.49. The summed E-state index contributed by atoms with van der Waals surface area (Å²) in [5, 5.41) is 5.82. The van der Waals surface area contributed by atoms with Crippen LogP contribution < -0.4 is 15.4 Å². The molecule has 2 heterocycles. The summed E-state index contributed by atoms with van der Waals surface area (Å²) in [6.07, 6.45) is 3.35. The zero-order chi connectivity index (χ0) is 27.3. The summed E-state index contributed by atoms with van der Waals surface area (Å²) < 4.78 is 28.1. The van der Waals surface area contributed by atoms with Gasteiger partial charge in [0.2, 0.25) is 33.9 Å². The molecule has 11 heteroatoms. The fourth-order valence-corrected chi connectivity index (χ4v) is 6.32. The molecule has 0 unspecified atom stereocenters. The van der Waals surface area contributed by atoms with Crippen LogP contribution >= 0.6 is 0 Å². The number of likely N-dealkylation sites (tertiary alicyclic amines) is 1. The molecule has 0 aromatic heterocycles. The highest BCUT2D eigenvalue weighted by Crippen LogP contribution is 2.46. The molecule has 3 aliphatic rings. The Morgan fingerprint density at radius 2 is 1.92 bits per heavy atom. The molecule has 1 aromatic carbocycles. The zero-order valence-corrected chi connectivity index (χ0v) is 23.0. The normalized spacial score (nSPS) is 24.9. The maximum absolute atomic E-state index is 14.1. The minimum atomic E-state index is -3.67. The molecule has 4 atom stereocenters. The largest absolute Gasteiger partial charge is 0.343 e. The molecule has 1 saturated heterocycles. The summed E-state index contributed by atoms with van der Waals surface area (Å²) in [5.74, 6) is -0.673. The van der Waals surface area contributed by atoms with Crippen molar-refractivity contribution < 1.29 is 27.4 Å². The maximum atomic E-state index is 14.1. The highest BCUT2D eigenvalue weighted by molar-refractivity contribution is 7.88. The minimum Gasteiger partial charge on any atom is -0.343 e. The van der Waals surface area contributed by atoms with E-state index in [0.717, 1.165) is 30.3 Å². The van der Waals surface area contributed by atoms with Crippen LogP contribution in [0.2, 0.25) is 0 Å². The molecule has 1 saturated carbocycles. The minimum absolute atomic E-state index is 0.149. The molecule has 3 N–H and O–H groups in total. The predicted octanol–water partition coefficient (Wildman–Crippen LogP) is 1.03. The highest BCUT2D eigenvalue weighted by Gasteiger charge is 2.59. The third kappa shape index (κ3) is 5.57. The van der Waals surface area contributed by atoms with Crippen molar-refractivity contribution in [3.63, 3.8) is 0 Å². The van der Waals surface area contributed by atoms with Crippen molar-refractivity contribution in [2.75, 3.05) is 25.2 Å². The number of rotatable bonds is 8. The van der Waals surface area contributed by atoms with Gasteiger partial charge in [-0.2, -0.15) is 0 Å². The van der Waals surface area contributed by atoms with Gasteiger partial charge in [0.05, 0.1) is 12.7 Å². The second kappa shape index (κ2) is 9.50. The lowest BCUT2D eigenvalue weighted by Gasteiger charge is -2.32. The Bertz CT molecular complexity index is 1240. The first-order valence-corrected chi connectivity index (χ1v) is 14.5. The van der Waals surface area contributed by atoms with E-state index in [4.69, 9.17) is 0 Å². The van der Waals surface area contributed by atoms with Gasteiger partial charge in [-0.3, -0.25) is 19.3 Å². The van der Waals surface area contributed by atoms with Gasteiger partial charge in [-0.05, 0) is 29.4 Å². The van der Waals surface area contributed by atoms with Crippen LogP contribution in [0, 0.1) is 11.3 Å². The van der Waals surface area contributed by atoms with Gasteiger partial charge in [0.1, 0.15) is 31.3 Å². The second-order valence-electron chi connectivity index (χ2n) is 11.9. The van der Waals surface area contributed by atoms with Crippen molar-refractivity contribution in [2.24, 2.45) is 11.3 Å². The summed E-state index contributed by atoms with van der Waals surface area (Å²) in [5.41, 5.74) is -0.0205. The molecular formula is C26H38N5O5S+. The maximum Gasteiger partial charge on any atom is 0.250 e. The summed E-state index contributed by atoms with van der Waals surface area (Å²) in [6, 6.07) is 5.61.